The fourth-order valence-corrected chi connectivity index (χ4v) is 1.31. The molecule has 0 aromatic heterocycles. The fraction of sp³-hybridized carbons (Fsp3) is 0.182. The van der Waals surface area contributed by atoms with Crippen LogP contribution < -0.4 is 0 Å². The van der Waals surface area contributed by atoms with Gasteiger partial charge in [0, 0.05) is 11.6 Å². The third kappa shape index (κ3) is 2.18. The molecule has 0 radical (unpaired) electrons. The standard InChI is InChI=1S/C11H8F3N/c1-2-3-7-8(4-5-15)11(14)10(13)6-9(7)12/h2,6H,1,3-4H2. The molecule has 0 aliphatic heterocycles. The third-order valence-electron chi connectivity index (χ3n) is 1.98. The lowest BCUT2D eigenvalue weighted by Crippen LogP contribution is -2.03. The first-order chi connectivity index (χ1) is 7.11. The van der Waals surface area contributed by atoms with Crippen LogP contribution in [0.25, 0.3) is 0 Å². The van der Waals surface area contributed by atoms with E-state index < -0.39 is 17.5 Å². The molecule has 0 heterocycles. The van der Waals surface area contributed by atoms with Crippen molar-refractivity contribution in [3.8, 4) is 6.07 Å². The molecule has 4 heteroatoms. The molecule has 1 aromatic rings. The molecule has 0 atom stereocenters. The lowest BCUT2D eigenvalue weighted by atomic mass is 10.0. The number of rotatable bonds is 3. The Kier molecular flexibility index (Phi) is 3.51. The second-order valence-corrected chi connectivity index (χ2v) is 2.94. The second kappa shape index (κ2) is 4.65. The maximum Gasteiger partial charge on any atom is 0.163 e. The normalized spacial score (nSPS) is 9.73. The van der Waals surface area contributed by atoms with Gasteiger partial charge < -0.3 is 0 Å². The van der Waals surface area contributed by atoms with E-state index in [1.165, 1.54) is 6.08 Å². The molecule has 1 aromatic carbocycles. The van der Waals surface area contributed by atoms with E-state index in [1.54, 1.807) is 6.07 Å². The van der Waals surface area contributed by atoms with Crippen LogP contribution in [0.3, 0.4) is 0 Å². The number of allylic oxidation sites excluding steroid dienone is 1. The van der Waals surface area contributed by atoms with Gasteiger partial charge in [-0.3, -0.25) is 0 Å². The minimum absolute atomic E-state index is 0.00884. The number of halogens is 3. The quantitative estimate of drug-likeness (QED) is 0.557. The van der Waals surface area contributed by atoms with E-state index in [1.807, 2.05) is 0 Å². The lowest BCUT2D eigenvalue weighted by molar-refractivity contribution is 0.483. The summed E-state index contributed by atoms with van der Waals surface area (Å²) >= 11 is 0. The van der Waals surface area contributed by atoms with Crippen molar-refractivity contribution in [1.29, 1.82) is 5.26 Å². The summed E-state index contributed by atoms with van der Waals surface area (Å²) in [4.78, 5) is 0. The smallest absolute Gasteiger partial charge is 0.163 e. The van der Waals surface area contributed by atoms with Crippen LogP contribution in [0, 0.1) is 28.8 Å². The van der Waals surface area contributed by atoms with Crippen molar-refractivity contribution in [2.75, 3.05) is 0 Å². The maximum atomic E-state index is 13.2. The van der Waals surface area contributed by atoms with Crippen LogP contribution in [-0.4, -0.2) is 0 Å². The minimum atomic E-state index is -1.27. The molecule has 0 saturated heterocycles. The van der Waals surface area contributed by atoms with E-state index >= 15 is 0 Å². The predicted molar refractivity (Wildman–Crippen MR) is 49.5 cm³/mol. The largest absolute Gasteiger partial charge is 0.207 e. The van der Waals surface area contributed by atoms with E-state index in [0.717, 1.165) is 0 Å². The molecule has 1 nitrogen and oxygen atoms in total. The molecule has 0 spiro atoms. The number of hydrogen-bond acceptors (Lipinski definition) is 1. The zero-order chi connectivity index (χ0) is 11.4. The molecule has 1 rings (SSSR count). The van der Waals surface area contributed by atoms with Crippen molar-refractivity contribution in [2.45, 2.75) is 12.8 Å². The van der Waals surface area contributed by atoms with E-state index in [0.29, 0.717) is 6.07 Å². The average Bonchev–Trinajstić information content (AvgIpc) is 2.20. The Morgan fingerprint density at radius 3 is 2.47 bits per heavy atom. The van der Waals surface area contributed by atoms with Gasteiger partial charge in [0.25, 0.3) is 0 Å². The van der Waals surface area contributed by atoms with Gasteiger partial charge in [0.2, 0.25) is 0 Å². The Bertz CT molecular complexity index is 432. The second-order valence-electron chi connectivity index (χ2n) is 2.94. The Balaban J connectivity index is 3.40. The minimum Gasteiger partial charge on any atom is -0.207 e. The molecule has 0 N–H and O–H groups in total. The summed E-state index contributed by atoms with van der Waals surface area (Å²) in [6, 6.07) is 2.15. The van der Waals surface area contributed by atoms with Crippen LogP contribution in [0.4, 0.5) is 13.2 Å². The molecule has 0 amide bonds. The van der Waals surface area contributed by atoms with Gasteiger partial charge in [0.05, 0.1) is 12.5 Å². The Hall–Kier alpha value is -1.76. The van der Waals surface area contributed by atoms with Gasteiger partial charge >= 0.3 is 0 Å². The van der Waals surface area contributed by atoms with Gasteiger partial charge in [-0.25, -0.2) is 13.2 Å². The van der Waals surface area contributed by atoms with Crippen LogP contribution in [0.2, 0.25) is 0 Å². The highest BCUT2D eigenvalue weighted by Gasteiger charge is 2.17. The highest BCUT2D eigenvalue weighted by atomic mass is 19.2. The first kappa shape index (κ1) is 11.3. The molecular weight excluding hydrogens is 203 g/mol. The molecule has 78 valence electrons. The summed E-state index contributed by atoms with van der Waals surface area (Å²) in [5.41, 5.74) is -0.236. The Morgan fingerprint density at radius 2 is 1.93 bits per heavy atom. The maximum absolute atomic E-state index is 13.2. The van der Waals surface area contributed by atoms with Crippen LogP contribution in [0.15, 0.2) is 18.7 Å². The van der Waals surface area contributed by atoms with Crippen LogP contribution in [0.5, 0.6) is 0 Å². The monoisotopic (exact) mass is 211 g/mol. The van der Waals surface area contributed by atoms with Crippen molar-refractivity contribution in [2.24, 2.45) is 0 Å². The summed E-state index contributed by atoms with van der Waals surface area (Å²) in [5, 5.41) is 8.43. The zero-order valence-electron chi connectivity index (χ0n) is 7.86. The van der Waals surface area contributed by atoms with Crippen LogP contribution >= 0.6 is 0 Å². The number of nitriles is 1. The van der Waals surface area contributed by atoms with Gasteiger partial charge in [0.1, 0.15) is 5.82 Å². The first-order valence-electron chi connectivity index (χ1n) is 4.25. The molecule has 0 aliphatic carbocycles. The summed E-state index contributed by atoms with van der Waals surface area (Å²) in [7, 11) is 0. The first-order valence-corrected chi connectivity index (χ1v) is 4.25. The molecule has 0 fully saturated rings. The highest BCUT2D eigenvalue weighted by Crippen LogP contribution is 2.21. The van der Waals surface area contributed by atoms with Gasteiger partial charge in [-0.15, -0.1) is 6.58 Å². The molecule has 0 saturated carbocycles. The molecule has 0 bridgehead atoms. The van der Waals surface area contributed by atoms with Crippen molar-refractivity contribution in [3.63, 3.8) is 0 Å². The molecule has 15 heavy (non-hydrogen) atoms. The van der Waals surface area contributed by atoms with E-state index in [4.69, 9.17) is 5.26 Å². The summed E-state index contributed by atoms with van der Waals surface area (Å²) in [6.07, 6.45) is 1.08. The van der Waals surface area contributed by atoms with Crippen molar-refractivity contribution < 1.29 is 13.2 Å². The van der Waals surface area contributed by atoms with Gasteiger partial charge in [0.15, 0.2) is 11.6 Å². The van der Waals surface area contributed by atoms with Crippen molar-refractivity contribution in [3.05, 3.63) is 47.3 Å². The Labute approximate surface area is 85.5 Å². The van der Waals surface area contributed by atoms with Crippen LogP contribution in [0.1, 0.15) is 11.1 Å². The Morgan fingerprint density at radius 1 is 1.27 bits per heavy atom. The third-order valence-corrected chi connectivity index (χ3v) is 1.98. The highest BCUT2D eigenvalue weighted by molar-refractivity contribution is 5.34. The zero-order valence-corrected chi connectivity index (χ0v) is 7.86. The number of hydrogen-bond donors (Lipinski definition) is 0. The predicted octanol–water partition coefficient (Wildman–Crippen LogP) is 2.90. The lowest BCUT2D eigenvalue weighted by Gasteiger charge is -2.08. The van der Waals surface area contributed by atoms with Gasteiger partial charge in [-0.1, -0.05) is 6.08 Å². The average molecular weight is 211 g/mol. The van der Waals surface area contributed by atoms with Gasteiger partial charge in [-0.2, -0.15) is 5.26 Å². The summed E-state index contributed by atoms with van der Waals surface area (Å²) in [6.45, 7) is 3.38. The molecular formula is C11H8F3N. The van der Waals surface area contributed by atoms with E-state index in [2.05, 4.69) is 6.58 Å². The topological polar surface area (TPSA) is 23.8 Å². The fourth-order valence-electron chi connectivity index (χ4n) is 1.31. The van der Waals surface area contributed by atoms with Crippen LogP contribution in [-0.2, 0) is 12.8 Å². The van der Waals surface area contributed by atoms with Gasteiger partial charge in [-0.05, 0) is 12.0 Å². The SMILES string of the molecule is C=CCc1c(F)cc(F)c(F)c1CC#N. The van der Waals surface area contributed by atoms with E-state index in [-0.39, 0.29) is 24.0 Å². The molecule has 0 unspecified atom stereocenters. The van der Waals surface area contributed by atoms with Crippen molar-refractivity contribution in [1.82, 2.24) is 0 Å². The van der Waals surface area contributed by atoms with E-state index in [9.17, 15) is 13.2 Å². The number of benzene rings is 1. The number of nitrogens with zero attached hydrogens (tertiary/aromatic N) is 1. The summed E-state index contributed by atoms with van der Waals surface area (Å²) < 4.78 is 39.3. The summed E-state index contributed by atoms with van der Waals surface area (Å²) in [5.74, 6) is -3.28. The molecule has 0 aliphatic rings. The van der Waals surface area contributed by atoms with Crippen molar-refractivity contribution >= 4 is 0 Å².